The lowest BCUT2D eigenvalue weighted by Crippen LogP contribution is -2.48. The van der Waals surface area contributed by atoms with Gasteiger partial charge in [-0.2, -0.15) is 0 Å². The maximum Gasteiger partial charge on any atom is 0.245 e. The highest BCUT2D eigenvalue weighted by Crippen LogP contribution is 2.29. The van der Waals surface area contributed by atoms with E-state index in [1.54, 1.807) is 20.0 Å². The van der Waals surface area contributed by atoms with Gasteiger partial charge >= 0.3 is 0 Å². The zero-order chi connectivity index (χ0) is 15.5. The van der Waals surface area contributed by atoms with E-state index in [1.165, 1.54) is 4.90 Å². The van der Waals surface area contributed by atoms with Crippen molar-refractivity contribution in [2.45, 2.75) is 26.7 Å². The van der Waals surface area contributed by atoms with Crippen molar-refractivity contribution < 1.29 is 14.1 Å². The van der Waals surface area contributed by atoms with Crippen LogP contribution in [-0.2, 0) is 9.59 Å². The maximum absolute atomic E-state index is 12.5. The molecule has 21 heavy (non-hydrogen) atoms. The Morgan fingerprint density at radius 1 is 1.48 bits per heavy atom. The molecule has 2 N–H and O–H groups in total. The molecule has 1 saturated heterocycles. The van der Waals surface area contributed by atoms with Gasteiger partial charge in [0, 0.05) is 18.5 Å². The molecule has 2 amide bonds. The lowest BCUT2D eigenvalue weighted by atomic mass is 9.80. The highest BCUT2D eigenvalue weighted by molar-refractivity contribution is 5.94. The summed E-state index contributed by atoms with van der Waals surface area (Å²) in [4.78, 5) is 25.9. The molecule has 7 nitrogen and oxygen atoms in total. The minimum Gasteiger partial charge on any atom is -0.360 e. The standard InChI is InChI=1S/C14H22N4O3/c1-10-8-11(17-21-10)16-12(19)9-18(3)13(20)14(2)4-6-15-7-5-14/h8,15H,4-7,9H2,1-3H3,(H,16,17,19). The number of carbonyl (C=O) groups is 2. The molecule has 1 aliphatic rings. The normalized spacial score (nSPS) is 17.3. The van der Waals surface area contributed by atoms with Gasteiger partial charge in [-0.15, -0.1) is 0 Å². The maximum atomic E-state index is 12.5. The van der Waals surface area contributed by atoms with Gasteiger partial charge in [0.15, 0.2) is 5.82 Å². The number of amides is 2. The highest BCUT2D eigenvalue weighted by Gasteiger charge is 2.36. The van der Waals surface area contributed by atoms with E-state index in [-0.39, 0.29) is 23.8 Å². The van der Waals surface area contributed by atoms with Crippen LogP contribution in [-0.4, -0.2) is 48.6 Å². The van der Waals surface area contributed by atoms with Crippen LogP contribution in [0.1, 0.15) is 25.5 Å². The van der Waals surface area contributed by atoms with Gasteiger partial charge < -0.3 is 20.1 Å². The number of aromatic nitrogens is 1. The number of nitrogens with zero attached hydrogens (tertiary/aromatic N) is 2. The van der Waals surface area contributed by atoms with Crippen LogP contribution in [0.2, 0.25) is 0 Å². The Morgan fingerprint density at radius 2 is 2.14 bits per heavy atom. The van der Waals surface area contributed by atoms with Crippen LogP contribution in [0.25, 0.3) is 0 Å². The first-order valence-corrected chi connectivity index (χ1v) is 7.10. The largest absolute Gasteiger partial charge is 0.360 e. The van der Waals surface area contributed by atoms with E-state index >= 15 is 0 Å². The van der Waals surface area contributed by atoms with E-state index in [0.717, 1.165) is 25.9 Å². The second kappa shape index (κ2) is 6.26. The summed E-state index contributed by atoms with van der Waals surface area (Å²) in [5.41, 5.74) is -0.384. The Kier molecular flexibility index (Phi) is 4.62. The molecule has 1 fully saturated rings. The van der Waals surface area contributed by atoms with Gasteiger partial charge in [-0.3, -0.25) is 9.59 Å². The molecule has 116 valence electrons. The quantitative estimate of drug-likeness (QED) is 0.856. The molecule has 0 aliphatic carbocycles. The van der Waals surface area contributed by atoms with Gasteiger partial charge in [-0.1, -0.05) is 12.1 Å². The third kappa shape index (κ3) is 3.81. The Balaban J connectivity index is 1.89. The first-order valence-electron chi connectivity index (χ1n) is 7.10. The number of rotatable bonds is 4. The first-order chi connectivity index (χ1) is 9.90. The number of likely N-dealkylation sites (N-methyl/N-ethyl adjacent to an activating group) is 1. The lowest BCUT2D eigenvalue weighted by molar-refractivity contribution is -0.143. The third-order valence-electron chi connectivity index (χ3n) is 3.85. The van der Waals surface area contributed by atoms with Crippen molar-refractivity contribution in [2.24, 2.45) is 5.41 Å². The van der Waals surface area contributed by atoms with Crippen molar-refractivity contribution in [2.75, 3.05) is 32.0 Å². The summed E-state index contributed by atoms with van der Waals surface area (Å²) in [7, 11) is 1.66. The summed E-state index contributed by atoms with van der Waals surface area (Å²) in [6, 6.07) is 1.63. The second-order valence-electron chi connectivity index (χ2n) is 5.84. The van der Waals surface area contributed by atoms with Gasteiger partial charge in [-0.25, -0.2) is 0 Å². The fourth-order valence-electron chi connectivity index (χ4n) is 2.55. The average Bonchev–Trinajstić information content (AvgIpc) is 2.83. The van der Waals surface area contributed by atoms with Crippen LogP contribution >= 0.6 is 0 Å². The van der Waals surface area contributed by atoms with Gasteiger partial charge in [0.05, 0.1) is 6.54 Å². The average molecular weight is 294 g/mol. The molecule has 2 rings (SSSR count). The van der Waals surface area contributed by atoms with Crippen LogP contribution in [0.4, 0.5) is 5.82 Å². The molecule has 1 aromatic heterocycles. The van der Waals surface area contributed by atoms with E-state index in [9.17, 15) is 9.59 Å². The predicted molar refractivity (Wildman–Crippen MR) is 77.7 cm³/mol. The molecule has 0 bridgehead atoms. The topological polar surface area (TPSA) is 87.5 Å². The van der Waals surface area contributed by atoms with E-state index < -0.39 is 0 Å². The molecule has 0 radical (unpaired) electrons. The summed E-state index contributed by atoms with van der Waals surface area (Å²) in [5, 5.41) is 9.55. The molecule has 0 aromatic carbocycles. The van der Waals surface area contributed by atoms with Crippen molar-refractivity contribution in [3.63, 3.8) is 0 Å². The minimum atomic E-state index is -0.384. The van der Waals surface area contributed by atoms with Crippen LogP contribution in [0.15, 0.2) is 10.6 Å². The van der Waals surface area contributed by atoms with Crippen LogP contribution in [0.3, 0.4) is 0 Å². The summed E-state index contributed by atoms with van der Waals surface area (Å²) >= 11 is 0. The zero-order valence-electron chi connectivity index (χ0n) is 12.7. The number of piperidine rings is 1. The summed E-state index contributed by atoms with van der Waals surface area (Å²) in [6.07, 6.45) is 1.58. The molecule has 2 heterocycles. The molecule has 0 atom stereocenters. The Bertz CT molecular complexity index is 520. The van der Waals surface area contributed by atoms with Crippen molar-refractivity contribution >= 4 is 17.6 Å². The van der Waals surface area contributed by atoms with Gasteiger partial charge in [-0.05, 0) is 32.9 Å². The van der Waals surface area contributed by atoms with Crippen molar-refractivity contribution in [3.05, 3.63) is 11.8 Å². The number of aryl methyl sites for hydroxylation is 1. The summed E-state index contributed by atoms with van der Waals surface area (Å²) < 4.78 is 4.88. The Labute approximate surface area is 124 Å². The zero-order valence-corrected chi connectivity index (χ0v) is 12.7. The summed E-state index contributed by atoms with van der Waals surface area (Å²) in [5.74, 6) is 0.718. The number of carbonyl (C=O) groups excluding carboxylic acids is 2. The number of hydrogen-bond acceptors (Lipinski definition) is 5. The highest BCUT2D eigenvalue weighted by atomic mass is 16.5. The van der Waals surface area contributed by atoms with Gasteiger partial charge in [0.25, 0.3) is 0 Å². The summed E-state index contributed by atoms with van der Waals surface area (Å²) in [6.45, 7) is 5.39. The van der Waals surface area contributed by atoms with Crippen molar-refractivity contribution in [3.8, 4) is 0 Å². The first kappa shape index (κ1) is 15.5. The monoisotopic (exact) mass is 294 g/mol. The third-order valence-corrected chi connectivity index (χ3v) is 3.85. The van der Waals surface area contributed by atoms with E-state index in [2.05, 4.69) is 15.8 Å². The number of hydrogen-bond donors (Lipinski definition) is 2. The molecule has 1 aromatic rings. The van der Waals surface area contributed by atoms with E-state index in [1.807, 2.05) is 6.92 Å². The van der Waals surface area contributed by atoms with Crippen molar-refractivity contribution in [1.82, 2.24) is 15.4 Å². The van der Waals surface area contributed by atoms with Crippen LogP contribution in [0.5, 0.6) is 0 Å². The van der Waals surface area contributed by atoms with Crippen molar-refractivity contribution in [1.29, 1.82) is 0 Å². The molecule has 0 spiro atoms. The number of anilines is 1. The van der Waals surface area contributed by atoms with Crippen LogP contribution < -0.4 is 10.6 Å². The number of nitrogens with one attached hydrogen (secondary N) is 2. The predicted octanol–water partition coefficient (Wildman–Crippen LogP) is 0.770. The molecule has 0 unspecified atom stereocenters. The second-order valence-corrected chi connectivity index (χ2v) is 5.84. The fraction of sp³-hybridized carbons (Fsp3) is 0.643. The van der Waals surface area contributed by atoms with E-state index in [0.29, 0.717) is 11.6 Å². The SMILES string of the molecule is Cc1cc(NC(=O)CN(C)C(=O)C2(C)CCNCC2)no1. The Morgan fingerprint density at radius 3 is 2.71 bits per heavy atom. The van der Waals surface area contributed by atoms with Crippen LogP contribution in [0, 0.1) is 12.3 Å². The lowest BCUT2D eigenvalue weighted by Gasteiger charge is -2.35. The molecule has 1 aliphatic heterocycles. The fourth-order valence-corrected chi connectivity index (χ4v) is 2.55. The van der Waals surface area contributed by atoms with Gasteiger partial charge in [0.1, 0.15) is 5.76 Å². The molecular weight excluding hydrogens is 272 g/mol. The Hall–Kier alpha value is -1.89. The van der Waals surface area contributed by atoms with E-state index in [4.69, 9.17) is 4.52 Å². The minimum absolute atomic E-state index is 0.00770. The van der Waals surface area contributed by atoms with Gasteiger partial charge in [0.2, 0.25) is 11.8 Å². The smallest absolute Gasteiger partial charge is 0.245 e. The molecule has 0 saturated carbocycles. The molecule has 7 heteroatoms. The molecular formula is C14H22N4O3.